The largest absolute Gasteiger partial charge is 0.456 e. The summed E-state index contributed by atoms with van der Waals surface area (Å²) in [6, 6.07) is 22.2. The second-order valence-electron chi connectivity index (χ2n) is 6.79. The molecular weight excluding hydrogens is 394 g/mol. The fourth-order valence-corrected chi connectivity index (χ4v) is 2.82. The van der Waals surface area contributed by atoms with Gasteiger partial charge in [0, 0.05) is 17.7 Å². The summed E-state index contributed by atoms with van der Waals surface area (Å²) in [5.41, 5.74) is 1.22. The van der Waals surface area contributed by atoms with E-state index in [-0.39, 0.29) is 17.3 Å². The molecule has 0 spiro atoms. The van der Waals surface area contributed by atoms with Crippen molar-refractivity contribution in [2.45, 2.75) is 19.8 Å². The van der Waals surface area contributed by atoms with Gasteiger partial charge in [-0.3, -0.25) is 9.59 Å². The Morgan fingerprint density at radius 3 is 2.23 bits per heavy atom. The molecule has 0 saturated carbocycles. The average Bonchev–Trinajstić information content (AvgIpc) is 2.79. The summed E-state index contributed by atoms with van der Waals surface area (Å²) in [6.45, 7) is 1.52. The molecule has 31 heavy (non-hydrogen) atoms. The highest BCUT2D eigenvalue weighted by Gasteiger charge is 2.16. The molecule has 0 aliphatic carbocycles. The zero-order valence-electron chi connectivity index (χ0n) is 17.2. The van der Waals surface area contributed by atoms with Gasteiger partial charge in [0.1, 0.15) is 17.1 Å². The van der Waals surface area contributed by atoms with Crippen LogP contribution in [0.4, 0.5) is 5.69 Å². The summed E-state index contributed by atoms with van der Waals surface area (Å²) >= 11 is 0. The molecule has 6 nitrogen and oxygen atoms in total. The minimum Gasteiger partial charge on any atom is -0.456 e. The Kier molecular flexibility index (Phi) is 7.54. The van der Waals surface area contributed by atoms with E-state index in [1.54, 1.807) is 60.7 Å². The third-order valence-corrected chi connectivity index (χ3v) is 4.38. The van der Waals surface area contributed by atoms with Crippen molar-refractivity contribution in [2.24, 2.45) is 0 Å². The SMILES string of the molecule is CCCC(=O)Nc1ccc(C(=O)COC(=O)c2ccccc2Oc2ccccc2)cc1. The topological polar surface area (TPSA) is 81.7 Å². The Morgan fingerprint density at radius 1 is 0.839 bits per heavy atom. The second-order valence-corrected chi connectivity index (χ2v) is 6.79. The quantitative estimate of drug-likeness (QED) is 0.379. The van der Waals surface area contributed by atoms with Crippen LogP contribution in [0, 0.1) is 0 Å². The Balaban J connectivity index is 1.59. The van der Waals surface area contributed by atoms with Crippen LogP contribution in [-0.2, 0) is 9.53 Å². The zero-order chi connectivity index (χ0) is 22.1. The maximum atomic E-state index is 12.5. The summed E-state index contributed by atoms with van der Waals surface area (Å²) in [5, 5.41) is 2.76. The predicted molar refractivity (Wildman–Crippen MR) is 118 cm³/mol. The summed E-state index contributed by atoms with van der Waals surface area (Å²) < 4.78 is 11.0. The van der Waals surface area contributed by atoms with Crippen LogP contribution in [0.5, 0.6) is 11.5 Å². The Bertz CT molecular complexity index is 1050. The van der Waals surface area contributed by atoms with Gasteiger partial charge >= 0.3 is 5.97 Å². The summed E-state index contributed by atoms with van der Waals surface area (Å²) in [7, 11) is 0. The minimum atomic E-state index is -0.650. The monoisotopic (exact) mass is 417 g/mol. The van der Waals surface area contributed by atoms with Gasteiger partial charge in [-0.1, -0.05) is 37.3 Å². The van der Waals surface area contributed by atoms with Crippen molar-refractivity contribution in [1.29, 1.82) is 0 Å². The number of carbonyl (C=O) groups excluding carboxylic acids is 3. The van der Waals surface area contributed by atoms with E-state index >= 15 is 0 Å². The number of ketones is 1. The van der Waals surface area contributed by atoms with Gasteiger partial charge < -0.3 is 14.8 Å². The van der Waals surface area contributed by atoms with Gasteiger partial charge in [0.05, 0.1) is 0 Å². The smallest absolute Gasteiger partial charge is 0.342 e. The van der Waals surface area contributed by atoms with Gasteiger partial charge in [0.2, 0.25) is 5.91 Å². The van der Waals surface area contributed by atoms with Gasteiger partial charge in [-0.25, -0.2) is 4.79 Å². The van der Waals surface area contributed by atoms with Crippen molar-refractivity contribution in [3.05, 3.63) is 90.0 Å². The molecule has 0 bridgehead atoms. The first-order valence-electron chi connectivity index (χ1n) is 9.99. The molecule has 158 valence electrons. The lowest BCUT2D eigenvalue weighted by Crippen LogP contribution is -2.15. The minimum absolute atomic E-state index is 0.0770. The van der Waals surface area contributed by atoms with E-state index in [4.69, 9.17) is 9.47 Å². The molecule has 0 saturated heterocycles. The van der Waals surface area contributed by atoms with Crippen LogP contribution in [0.1, 0.15) is 40.5 Å². The van der Waals surface area contributed by atoms with Crippen molar-refractivity contribution in [3.63, 3.8) is 0 Å². The van der Waals surface area contributed by atoms with Crippen molar-refractivity contribution < 1.29 is 23.9 Å². The van der Waals surface area contributed by atoms with Crippen LogP contribution >= 0.6 is 0 Å². The highest BCUT2D eigenvalue weighted by molar-refractivity contribution is 6.00. The van der Waals surface area contributed by atoms with Crippen molar-refractivity contribution in [3.8, 4) is 11.5 Å². The van der Waals surface area contributed by atoms with E-state index in [1.165, 1.54) is 0 Å². The summed E-state index contributed by atoms with van der Waals surface area (Å²) in [5.74, 6) is -0.139. The van der Waals surface area contributed by atoms with Crippen LogP contribution in [0.3, 0.4) is 0 Å². The van der Waals surface area contributed by atoms with Gasteiger partial charge in [0.15, 0.2) is 12.4 Å². The zero-order valence-corrected chi connectivity index (χ0v) is 17.2. The van der Waals surface area contributed by atoms with Crippen molar-refractivity contribution in [2.75, 3.05) is 11.9 Å². The molecule has 0 heterocycles. The first-order chi connectivity index (χ1) is 15.1. The Labute approximate surface area is 180 Å². The number of para-hydroxylation sites is 2. The van der Waals surface area contributed by atoms with Crippen molar-refractivity contribution in [1.82, 2.24) is 0 Å². The van der Waals surface area contributed by atoms with Crippen LogP contribution < -0.4 is 10.1 Å². The van der Waals surface area contributed by atoms with Gasteiger partial charge in [-0.05, 0) is 55.0 Å². The van der Waals surface area contributed by atoms with Crippen LogP contribution in [0.25, 0.3) is 0 Å². The first kappa shape index (κ1) is 21.8. The molecule has 6 heteroatoms. The first-order valence-corrected chi connectivity index (χ1v) is 9.99. The molecule has 3 rings (SSSR count). The number of benzene rings is 3. The molecule has 0 atom stereocenters. The fraction of sp³-hybridized carbons (Fsp3) is 0.160. The lowest BCUT2D eigenvalue weighted by Gasteiger charge is -2.11. The number of Topliss-reactive ketones (excluding diaryl/α,β-unsaturated/α-hetero) is 1. The molecule has 3 aromatic rings. The summed E-state index contributed by atoms with van der Waals surface area (Å²) in [6.07, 6.45) is 1.19. The number of carbonyl (C=O) groups is 3. The lowest BCUT2D eigenvalue weighted by atomic mass is 10.1. The van der Waals surface area contributed by atoms with Crippen molar-refractivity contribution >= 4 is 23.3 Å². The molecular formula is C25H23NO5. The summed E-state index contributed by atoms with van der Waals surface area (Å²) in [4.78, 5) is 36.6. The maximum Gasteiger partial charge on any atom is 0.342 e. The molecule has 0 radical (unpaired) electrons. The average molecular weight is 417 g/mol. The number of anilines is 1. The number of esters is 1. The van der Waals surface area contributed by atoms with E-state index < -0.39 is 12.6 Å². The number of nitrogens with one attached hydrogen (secondary N) is 1. The number of hydrogen-bond acceptors (Lipinski definition) is 5. The number of rotatable bonds is 9. The highest BCUT2D eigenvalue weighted by Crippen LogP contribution is 2.25. The molecule has 0 aliphatic rings. The molecule has 1 amide bonds. The van der Waals surface area contributed by atoms with E-state index in [0.717, 1.165) is 6.42 Å². The standard InChI is InChI=1S/C25H23NO5/c1-2-8-24(28)26-19-15-13-18(14-16-19)22(27)17-30-25(29)21-11-6-7-12-23(21)31-20-9-4-3-5-10-20/h3-7,9-16H,2,8,17H2,1H3,(H,26,28). The molecule has 0 aliphatic heterocycles. The van der Waals surface area contributed by atoms with E-state index in [0.29, 0.717) is 29.2 Å². The molecule has 0 unspecified atom stereocenters. The van der Waals surface area contributed by atoms with Crippen LogP contribution in [0.15, 0.2) is 78.9 Å². The molecule has 1 N–H and O–H groups in total. The van der Waals surface area contributed by atoms with Crippen LogP contribution in [-0.4, -0.2) is 24.3 Å². The predicted octanol–water partition coefficient (Wildman–Crippen LogP) is 5.26. The third kappa shape index (κ3) is 6.27. The highest BCUT2D eigenvalue weighted by atomic mass is 16.5. The lowest BCUT2D eigenvalue weighted by molar-refractivity contribution is -0.116. The van der Waals surface area contributed by atoms with E-state index in [1.807, 2.05) is 25.1 Å². The van der Waals surface area contributed by atoms with Crippen LogP contribution in [0.2, 0.25) is 0 Å². The number of amides is 1. The second kappa shape index (κ2) is 10.7. The normalized spacial score (nSPS) is 10.2. The number of hydrogen-bond donors (Lipinski definition) is 1. The van der Waals surface area contributed by atoms with E-state index in [9.17, 15) is 14.4 Å². The van der Waals surface area contributed by atoms with Gasteiger partial charge in [-0.15, -0.1) is 0 Å². The van der Waals surface area contributed by atoms with Gasteiger partial charge in [0.25, 0.3) is 0 Å². The molecule has 0 fully saturated rings. The Hall–Kier alpha value is -3.93. The molecule has 3 aromatic carbocycles. The Morgan fingerprint density at radius 2 is 1.52 bits per heavy atom. The van der Waals surface area contributed by atoms with E-state index in [2.05, 4.69) is 5.32 Å². The maximum absolute atomic E-state index is 12.5. The number of ether oxygens (including phenoxy) is 2. The molecule has 0 aromatic heterocycles. The van der Waals surface area contributed by atoms with Gasteiger partial charge in [-0.2, -0.15) is 0 Å². The third-order valence-electron chi connectivity index (χ3n) is 4.38. The fourth-order valence-electron chi connectivity index (χ4n) is 2.82.